The van der Waals surface area contributed by atoms with Crippen molar-refractivity contribution >= 4 is 35.0 Å². The largest absolute Gasteiger partial charge is 0.324 e. The Balaban J connectivity index is 2.57. The first-order chi connectivity index (χ1) is 6.70. The van der Waals surface area contributed by atoms with Crippen LogP contribution in [0.4, 0.5) is 0 Å². The van der Waals surface area contributed by atoms with E-state index in [1.54, 1.807) is 11.8 Å². The first kappa shape index (κ1) is 10.6. The van der Waals surface area contributed by atoms with Crippen LogP contribution >= 0.6 is 35.0 Å². The van der Waals surface area contributed by atoms with E-state index in [-0.39, 0.29) is 6.04 Å². The van der Waals surface area contributed by atoms with Gasteiger partial charge in [0.15, 0.2) is 0 Å². The highest BCUT2D eigenvalue weighted by atomic mass is 35.5. The number of thioether (sulfide) groups is 1. The monoisotopic (exact) mass is 247 g/mol. The van der Waals surface area contributed by atoms with Crippen molar-refractivity contribution in [2.75, 3.05) is 5.75 Å². The smallest absolute Gasteiger partial charge is 0.0546 e. The molecule has 14 heavy (non-hydrogen) atoms. The van der Waals surface area contributed by atoms with E-state index in [2.05, 4.69) is 0 Å². The summed E-state index contributed by atoms with van der Waals surface area (Å²) < 4.78 is 0. The topological polar surface area (TPSA) is 26.0 Å². The molecule has 1 aromatic rings. The predicted octanol–water partition coefficient (Wildman–Crippen LogP) is 3.88. The molecule has 2 rings (SSSR count). The molecule has 2 N–H and O–H groups in total. The highest BCUT2D eigenvalue weighted by molar-refractivity contribution is 7.99. The molecule has 0 radical (unpaired) electrons. The van der Waals surface area contributed by atoms with Crippen molar-refractivity contribution in [2.24, 2.45) is 5.73 Å². The lowest BCUT2D eigenvalue weighted by atomic mass is 10.0. The Morgan fingerprint density at radius 3 is 2.79 bits per heavy atom. The zero-order valence-electron chi connectivity index (χ0n) is 7.59. The molecule has 1 heterocycles. The maximum atomic E-state index is 6.13. The molecule has 0 saturated heterocycles. The molecule has 0 aliphatic carbocycles. The third-order valence-corrected chi connectivity index (χ3v) is 4.35. The zero-order valence-corrected chi connectivity index (χ0v) is 9.92. The van der Waals surface area contributed by atoms with Crippen molar-refractivity contribution in [3.8, 4) is 0 Å². The van der Waals surface area contributed by atoms with Crippen LogP contribution < -0.4 is 5.73 Å². The van der Waals surface area contributed by atoms with Crippen molar-refractivity contribution in [3.05, 3.63) is 27.7 Å². The van der Waals surface area contributed by atoms with Gasteiger partial charge in [0.05, 0.1) is 5.02 Å². The Labute approximate surface area is 98.0 Å². The SMILES string of the molecule is NC1CCCSc2c(Cl)ccc(Cl)c21. The Morgan fingerprint density at radius 1 is 1.29 bits per heavy atom. The van der Waals surface area contributed by atoms with E-state index in [1.165, 1.54) is 0 Å². The van der Waals surface area contributed by atoms with Crippen LogP contribution in [0.5, 0.6) is 0 Å². The van der Waals surface area contributed by atoms with Crippen molar-refractivity contribution in [1.82, 2.24) is 0 Å². The molecule has 1 aliphatic rings. The van der Waals surface area contributed by atoms with Crippen LogP contribution in [0, 0.1) is 0 Å². The molecule has 0 amide bonds. The van der Waals surface area contributed by atoms with Gasteiger partial charge in [-0.1, -0.05) is 23.2 Å². The van der Waals surface area contributed by atoms with Gasteiger partial charge in [0.2, 0.25) is 0 Å². The molecule has 0 bridgehead atoms. The summed E-state index contributed by atoms with van der Waals surface area (Å²) in [5.41, 5.74) is 7.09. The number of hydrogen-bond acceptors (Lipinski definition) is 2. The quantitative estimate of drug-likeness (QED) is 0.754. The summed E-state index contributed by atoms with van der Waals surface area (Å²) in [6.07, 6.45) is 2.10. The fraction of sp³-hybridized carbons (Fsp3) is 0.400. The minimum atomic E-state index is 0.0335. The standard InChI is InChI=1S/C10H11Cl2NS/c11-6-3-4-7(12)10-9(6)8(13)2-1-5-14-10/h3-4,8H,1-2,5,13H2. The fourth-order valence-electron chi connectivity index (χ4n) is 1.66. The minimum Gasteiger partial charge on any atom is -0.324 e. The molecule has 4 heteroatoms. The second-order valence-electron chi connectivity index (χ2n) is 3.37. The molecule has 0 fully saturated rings. The lowest BCUT2D eigenvalue weighted by molar-refractivity contribution is 0.640. The van der Waals surface area contributed by atoms with Crippen LogP contribution in [0.15, 0.2) is 17.0 Å². The average molecular weight is 248 g/mol. The number of halogens is 2. The molecule has 0 saturated carbocycles. The number of nitrogens with two attached hydrogens (primary N) is 1. The van der Waals surface area contributed by atoms with E-state index in [1.807, 2.05) is 12.1 Å². The summed E-state index contributed by atoms with van der Waals surface area (Å²) in [5.74, 6) is 1.07. The average Bonchev–Trinajstić information content (AvgIpc) is 2.35. The molecular weight excluding hydrogens is 237 g/mol. The third-order valence-electron chi connectivity index (χ3n) is 2.37. The van der Waals surface area contributed by atoms with Gasteiger partial charge < -0.3 is 5.73 Å². The Morgan fingerprint density at radius 2 is 2.00 bits per heavy atom. The normalized spacial score (nSPS) is 21.5. The minimum absolute atomic E-state index is 0.0335. The Bertz CT molecular complexity index is 354. The van der Waals surface area contributed by atoms with E-state index in [4.69, 9.17) is 28.9 Å². The second-order valence-corrected chi connectivity index (χ2v) is 5.29. The summed E-state index contributed by atoms with van der Waals surface area (Å²) in [4.78, 5) is 1.07. The summed E-state index contributed by atoms with van der Waals surface area (Å²) >= 11 is 14.0. The van der Waals surface area contributed by atoms with Gasteiger partial charge >= 0.3 is 0 Å². The van der Waals surface area contributed by atoms with Gasteiger partial charge in [-0.15, -0.1) is 11.8 Å². The highest BCUT2D eigenvalue weighted by Gasteiger charge is 2.20. The van der Waals surface area contributed by atoms with Crippen molar-refractivity contribution in [3.63, 3.8) is 0 Å². The molecular formula is C10H11Cl2NS. The van der Waals surface area contributed by atoms with Crippen molar-refractivity contribution < 1.29 is 0 Å². The van der Waals surface area contributed by atoms with Crippen molar-refractivity contribution in [2.45, 2.75) is 23.8 Å². The van der Waals surface area contributed by atoms with E-state index in [0.717, 1.165) is 39.1 Å². The van der Waals surface area contributed by atoms with Crippen molar-refractivity contribution in [1.29, 1.82) is 0 Å². The number of benzene rings is 1. The van der Waals surface area contributed by atoms with E-state index in [9.17, 15) is 0 Å². The second kappa shape index (κ2) is 4.31. The first-order valence-corrected chi connectivity index (χ1v) is 6.30. The fourth-order valence-corrected chi connectivity index (χ4v) is 3.48. The van der Waals surface area contributed by atoms with E-state index in [0.29, 0.717) is 0 Å². The van der Waals surface area contributed by atoms with Gasteiger partial charge in [0, 0.05) is 21.5 Å². The number of hydrogen-bond donors (Lipinski definition) is 1. The lowest BCUT2D eigenvalue weighted by Gasteiger charge is -2.14. The van der Waals surface area contributed by atoms with Gasteiger partial charge in [-0.2, -0.15) is 0 Å². The molecule has 0 spiro atoms. The maximum Gasteiger partial charge on any atom is 0.0546 e. The number of rotatable bonds is 0. The van der Waals surface area contributed by atoms with Crippen LogP contribution in [0.25, 0.3) is 0 Å². The van der Waals surface area contributed by atoms with Gasteiger partial charge in [-0.05, 0) is 30.7 Å². The van der Waals surface area contributed by atoms with Crippen LogP contribution in [-0.2, 0) is 0 Å². The van der Waals surface area contributed by atoms with E-state index >= 15 is 0 Å². The zero-order chi connectivity index (χ0) is 10.1. The Kier molecular flexibility index (Phi) is 3.27. The van der Waals surface area contributed by atoms with Gasteiger partial charge in [0.1, 0.15) is 0 Å². The summed E-state index contributed by atoms with van der Waals surface area (Å²) in [6, 6.07) is 3.70. The third kappa shape index (κ3) is 1.89. The van der Waals surface area contributed by atoms with E-state index < -0.39 is 0 Å². The molecule has 1 aliphatic heterocycles. The molecule has 0 aromatic heterocycles. The molecule has 1 aromatic carbocycles. The Hall–Kier alpha value is 0.110. The number of fused-ring (bicyclic) bond motifs is 1. The van der Waals surface area contributed by atoms with Crippen LogP contribution in [0.2, 0.25) is 10.0 Å². The summed E-state index contributed by atoms with van der Waals surface area (Å²) in [5, 5.41) is 1.51. The molecule has 76 valence electrons. The molecule has 1 atom stereocenters. The summed E-state index contributed by atoms with van der Waals surface area (Å²) in [7, 11) is 0. The molecule has 1 unspecified atom stereocenters. The first-order valence-electron chi connectivity index (χ1n) is 4.56. The van der Waals surface area contributed by atoms with Crippen LogP contribution in [-0.4, -0.2) is 5.75 Å². The maximum absolute atomic E-state index is 6.13. The van der Waals surface area contributed by atoms with Crippen LogP contribution in [0.1, 0.15) is 24.4 Å². The van der Waals surface area contributed by atoms with Crippen LogP contribution in [0.3, 0.4) is 0 Å². The van der Waals surface area contributed by atoms with Gasteiger partial charge in [-0.25, -0.2) is 0 Å². The lowest BCUT2D eigenvalue weighted by Crippen LogP contribution is -2.10. The highest BCUT2D eigenvalue weighted by Crippen LogP contribution is 2.41. The van der Waals surface area contributed by atoms with Gasteiger partial charge in [0.25, 0.3) is 0 Å². The summed E-state index contributed by atoms with van der Waals surface area (Å²) in [6.45, 7) is 0. The van der Waals surface area contributed by atoms with Gasteiger partial charge in [-0.3, -0.25) is 0 Å². The predicted molar refractivity (Wildman–Crippen MR) is 63.3 cm³/mol. The molecule has 1 nitrogen and oxygen atoms in total.